The molecule has 0 aromatic heterocycles. The van der Waals surface area contributed by atoms with Crippen molar-refractivity contribution in [1.29, 1.82) is 0 Å². The van der Waals surface area contributed by atoms with Crippen LogP contribution < -0.4 is 0 Å². The lowest BCUT2D eigenvalue weighted by Crippen LogP contribution is -2.21. The molecule has 1 aliphatic rings. The van der Waals surface area contributed by atoms with Crippen LogP contribution in [0, 0.1) is 0 Å². The van der Waals surface area contributed by atoms with E-state index in [9.17, 15) is 0 Å². The SMILES string of the molecule is CC1(c2ccccc2)CC1(c1ccc2ccccc2c1)c1ccc2ccccc2c1. The van der Waals surface area contributed by atoms with Gasteiger partial charge in [0.15, 0.2) is 0 Å². The van der Waals surface area contributed by atoms with Crippen molar-refractivity contribution in [1.82, 2.24) is 0 Å². The van der Waals surface area contributed by atoms with Crippen molar-refractivity contribution in [2.24, 2.45) is 0 Å². The Morgan fingerprint density at radius 3 is 1.47 bits per heavy atom. The molecule has 6 rings (SSSR count). The van der Waals surface area contributed by atoms with Crippen LogP contribution in [0.25, 0.3) is 21.5 Å². The molecule has 0 bridgehead atoms. The highest BCUT2D eigenvalue weighted by Gasteiger charge is 2.66. The summed E-state index contributed by atoms with van der Waals surface area (Å²) < 4.78 is 0. The van der Waals surface area contributed by atoms with Crippen LogP contribution in [0.15, 0.2) is 115 Å². The maximum Gasteiger partial charge on any atom is 0.0306 e. The monoisotopic (exact) mass is 384 g/mol. The third-order valence-electron chi connectivity index (χ3n) is 7.33. The van der Waals surface area contributed by atoms with Crippen LogP contribution in [0.4, 0.5) is 0 Å². The Labute approximate surface area is 177 Å². The zero-order valence-corrected chi connectivity index (χ0v) is 17.2. The van der Waals surface area contributed by atoms with Gasteiger partial charge in [-0.1, -0.05) is 122 Å². The molecule has 0 nitrogen and oxygen atoms in total. The lowest BCUT2D eigenvalue weighted by Gasteiger charge is -2.26. The zero-order chi connectivity index (χ0) is 20.2. The first-order chi connectivity index (χ1) is 14.7. The Morgan fingerprint density at radius 1 is 0.467 bits per heavy atom. The van der Waals surface area contributed by atoms with Gasteiger partial charge in [-0.2, -0.15) is 0 Å². The first-order valence-corrected chi connectivity index (χ1v) is 10.7. The molecule has 30 heavy (non-hydrogen) atoms. The third kappa shape index (κ3) is 2.40. The lowest BCUT2D eigenvalue weighted by atomic mass is 9.77. The normalized spacial score (nSPS) is 19.8. The van der Waals surface area contributed by atoms with Crippen molar-refractivity contribution in [2.75, 3.05) is 0 Å². The van der Waals surface area contributed by atoms with Crippen LogP contribution in [0.2, 0.25) is 0 Å². The Hall–Kier alpha value is -3.38. The molecule has 1 aliphatic carbocycles. The minimum atomic E-state index is -0.0115. The second kappa shape index (κ2) is 6.31. The fraction of sp³-hybridized carbons (Fsp3) is 0.133. The molecule has 0 saturated heterocycles. The van der Waals surface area contributed by atoms with Gasteiger partial charge < -0.3 is 0 Å². The summed E-state index contributed by atoms with van der Waals surface area (Å²) in [5.74, 6) is 0. The van der Waals surface area contributed by atoms with E-state index in [4.69, 9.17) is 0 Å². The number of fused-ring (bicyclic) bond motifs is 2. The molecule has 0 amide bonds. The second-order valence-electron chi connectivity index (χ2n) is 8.90. The number of rotatable bonds is 3. The highest BCUT2D eigenvalue weighted by molar-refractivity contribution is 5.86. The van der Waals surface area contributed by atoms with Gasteiger partial charge in [-0.25, -0.2) is 0 Å². The van der Waals surface area contributed by atoms with E-state index in [0.29, 0.717) is 0 Å². The van der Waals surface area contributed by atoms with Crippen molar-refractivity contribution in [3.63, 3.8) is 0 Å². The smallest absolute Gasteiger partial charge is 0.0306 e. The fourth-order valence-electron chi connectivity index (χ4n) is 5.56. The number of hydrogen-bond donors (Lipinski definition) is 0. The van der Waals surface area contributed by atoms with E-state index in [2.05, 4.69) is 122 Å². The summed E-state index contributed by atoms with van der Waals surface area (Å²) in [5.41, 5.74) is 4.33. The van der Waals surface area contributed by atoms with E-state index in [1.54, 1.807) is 0 Å². The summed E-state index contributed by atoms with van der Waals surface area (Å²) in [6.45, 7) is 2.44. The Balaban J connectivity index is 1.60. The molecular weight excluding hydrogens is 360 g/mol. The minimum absolute atomic E-state index is 0.0115. The molecule has 5 aromatic rings. The molecule has 1 atom stereocenters. The van der Waals surface area contributed by atoms with Crippen molar-refractivity contribution >= 4 is 21.5 Å². The molecule has 0 radical (unpaired) electrons. The van der Waals surface area contributed by atoms with Crippen molar-refractivity contribution in [3.05, 3.63) is 132 Å². The highest BCUT2D eigenvalue weighted by Crippen LogP contribution is 2.68. The summed E-state index contributed by atoms with van der Waals surface area (Å²) in [4.78, 5) is 0. The minimum Gasteiger partial charge on any atom is -0.0622 e. The van der Waals surface area contributed by atoms with Crippen molar-refractivity contribution in [2.45, 2.75) is 24.2 Å². The maximum absolute atomic E-state index is 2.44. The Bertz CT molecular complexity index is 1300. The van der Waals surface area contributed by atoms with Gasteiger partial charge in [0.25, 0.3) is 0 Å². The first-order valence-electron chi connectivity index (χ1n) is 10.7. The van der Waals surface area contributed by atoms with Gasteiger partial charge in [-0.3, -0.25) is 0 Å². The Morgan fingerprint density at radius 2 is 0.933 bits per heavy atom. The fourth-order valence-corrected chi connectivity index (χ4v) is 5.56. The van der Waals surface area contributed by atoms with E-state index >= 15 is 0 Å². The lowest BCUT2D eigenvalue weighted by molar-refractivity contribution is 0.654. The predicted octanol–water partition coefficient (Wildman–Crippen LogP) is 7.64. The summed E-state index contributed by atoms with van der Waals surface area (Å²) in [6.07, 6.45) is 1.13. The quantitative estimate of drug-likeness (QED) is 0.300. The molecule has 0 spiro atoms. The van der Waals surface area contributed by atoms with E-state index in [-0.39, 0.29) is 10.8 Å². The molecular formula is C30H24. The number of hydrogen-bond acceptors (Lipinski definition) is 0. The summed E-state index contributed by atoms with van der Waals surface area (Å²) in [7, 11) is 0. The molecule has 1 fully saturated rings. The average Bonchev–Trinajstić information content (AvgIpc) is 3.47. The van der Waals surface area contributed by atoms with Crippen LogP contribution in [-0.2, 0) is 10.8 Å². The summed E-state index contributed by atoms with van der Waals surface area (Å²) in [5, 5.41) is 5.24. The van der Waals surface area contributed by atoms with Gasteiger partial charge in [0, 0.05) is 10.8 Å². The zero-order valence-electron chi connectivity index (χ0n) is 17.2. The first kappa shape index (κ1) is 17.5. The van der Waals surface area contributed by atoms with E-state index in [1.807, 2.05) is 0 Å². The van der Waals surface area contributed by atoms with E-state index < -0.39 is 0 Å². The van der Waals surface area contributed by atoms with E-state index in [1.165, 1.54) is 38.2 Å². The second-order valence-corrected chi connectivity index (χ2v) is 8.90. The van der Waals surface area contributed by atoms with Gasteiger partial charge in [-0.15, -0.1) is 0 Å². The highest BCUT2D eigenvalue weighted by atomic mass is 14.7. The van der Waals surface area contributed by atoms with Crippen LogP contribution in [-0.4, -0.2) is 0 Å². The summed E-state index contributed by atoms with van der Waals surface area (Å²) >= 11 is 0. The maximum atomic E-state index is 2.44. The van der Waals surface area contributed by atoms with Gasteiger partial charge in [0.1, 0.15) is 0 Å². The molecule has 1 saturated carbocycles. The topological polar surface area (TPSA) is 0 Å². The molecule has 144 valence electrons. The third-order valence-corrected chi connectivity index (χ3v) is 7.33. The van der Waals surface area contributed by atoms with Crippen LogP contribution >= 0.6 is 0 Å². The molecule has 0 heteroatoms. The summed E-state index contributed by atoms with van der Waals surface area (Å²) in [6, 6.07) is 42.5. The van der Waals surface area contributed by atoms with E-state index in [0.717, 1.165) is 6.42 Å². The molecule has 1 unspecified atom stereocenters. The molecule has 0 aliphatic heterocycles. The van der Waals surface area contributed by atoms with Gasteiger partial charge in [0.2, 0.25) is 0 Å². The van der Waals surface area contributed by atoms with Crippen LogP contribution in [0.1, 0.15) is 30.0 Å². The van der Waals surface area contributed by atoms with Gasteiger partial charge in [-0.05, 0) is 44.7 Å². The standard InChI is InChI=1S/C30H24/c1-29(26-13-3-2-4-14-26)21-30(29,27-17-15-22-9-5-7-11-24(22)19-27)28-18-16-23-10-6-8-12-25(23)20-28/h2-20H,21H2,1H3. The number of benzene rings is 5. The van der Waals surface area contributed by atoms with Crippen molar-refractivity contribution in [3.8, 4) is 0 Å². The van der Waals surface area contributed by atoms with Gasteiger partial charge in [0.05, 0.1) is 0 Å². The average molecular weight is 385 g/mol. The Kier molecular flexibility index (Phi) is 3.67. The molecule has 0 heterocycles. The molecule has 5 aromatic carbocycles. The largest absolute Gasteiger partial charge is 0.0622 e. The van der Waals surface area contributed by atoms with Crippen LogP contribution in [0.5, 0.6) is 0 Å². The molecule has 0 N–H and O–H groups in total. The van der Waals surface area contributed by atoms with Crippen LogP contribution in [0.3, 0.4) is 0 Å². The predicted molar refractivity (Wildman–Crippen MR) is 127 cm³/mol. The van der Waals surface area contributed by atoms with Gasteiger partial charge >= 0.3 is 0 Å². The van der Waals surface area contributed by atoms with Crippen molar-refractivity contribution < 1.29 is 0 Å².